The van der Waals surface area contributed by atoms with Gasteiger partial charge in [0.05, 0.1) is 0 Å². The molecule has 0 spiro atoms. The van der Waals surface area contributed by atoms with E-state index in [1.807, 2.05) is 0 Å². The highest BCUT2D eigenvalue weighted by Gasteiger charge is 2.34. The summed E-state index contributed by atoms with van der Waals surface area (Å²) in [6.07, 6.45) is 1.77. The highest BCUT2D eigenvalue weighted by molar-refractivity contribution is 6.89. The molecule has 0 radical (unpaired) electrons. The van der Waals surface area contributed by atoms with E-state index in [0.29, 0.717) is 0 Å². The molecule has 100 valence electrons. The maximum atomic E-state index is 11.6. The number of nitrogens with zero attached hydrogens (tertiary/aromatic N) is 2. The molecule has 0 saturated heterocycles. The van der Waals surface area contributed by atoms with Gasteiger partial charge in [0, 0.05) is 6.92 Å². The van der Waals surface area contributed by atoms with Crippen molar-refractivity contribution in [3.05, 3.63) is 0 Å². The smallest absolute Gasteiger partial charge is 0.175 e. The van der Waals surface area contributed by atoms with Gasteiger partial charge in [-0.2, -0.15) is 5.10 Å². The minimum atomic E-state index is -1.50. The Morgan fingerprint density at radius 3 is 1.71 bits per heavy atom. The van der Waals surface area contributed by atoms with Crippen molar-refractivity contribution in [3.8, 4) is 0 Å². The summed E-state index contributed by atoms with van der Waals surface area (Å²) in [6.45, 7) is 17.5. The van der Waals surface area contributed by atoms with Crippen molar-refractivity contribution in [3.63, 3.8) is 0 Å². The van der Waals surface area contributed by atoms with Crippen LogP contribution < -0.4 is 0 Å². The average Bonchev–Trinajstić information content (AvgIpc) is 2.07. The van der Waals surface area contributed by atoms with Crippen LogP contribution in [0.2, 0.25) is 39.3 Å². The van der Waals surface area contributed by atoms with Gasteiger partial charge in [-0.3, -0.25) is 4.79 Å². The van der Waals surface area contributed by atoms with Crippen molar-refractivity contribution in [1.82, 2.24) is 4.34 Å². The van der Waals surface area contributed by atoms with Gasteiger partial charge in [-0.05, 0) is 6.42 Å². The molecule has 0 atom stereocenters. The fraction of sp³-hybridized carbons (Fsp3) is 0.833. The summed E-state index contributed by atoms with van der Waals surface area (Å²) in [5.74, 6) is 0.119. The number of rotatable bonds is 6. The Morgan fingerprint density at radius 1 is 1.06 bits per heavy atom. The number of hydrazone groups is 1. The molecule has 0 aromatic heterocycles. The van der Waals surface area contributed by atoms with E-state index in [2.05, 4.69) is 50.5 Å². The molecule has 0 N–H and O–H groups in total. The van der Waals surface area contributed by atoms with Crippen LogP contribution in [0.5, 0.6) is 0 Å². The lowest BCUT2D eigenvalue weighted by Gasteiger charge is -2.41. The summed E-state index contributed by atoms with van der Waals surface area (Å²) in [5.41, 5.74) is 0.748. The monoisotopic (exact) mass is 272 g/mol. The summed E-state index contributed by atoms with van der Waals surface area (Å²) in [6, 6.07) is 0. The van der Waals surface area contributed by atoms with Crippen molar-refractivity contribution < 1.29 is 4.79 Å². The Bertz CT molecular complexity index is 287. The molecule has 0 aliphatic heterocycles. The van der Waals surface area contributed by atoms with E-state index < -0.39 is 16.5 Å². The normalized spacial score (nSPS) is 13.8. The molecule has 0 aromatic rings. The molecule has 0 amide bonds. The lowest BCUT2D eigenvalue weighted by molar-refractivity contribution is -0.111. The molecule has 17 heavy (non-hydrogen) atoms. The summed E-state index contributed by atoms with van der Waals surface area (Å²) in [4.78, 5) is 11.6. The minimum Gasteiger partial charge on any atom is -0.349 e. The van der Waals surface area contributed by atoms with Crippen LogP contribution in [0.15, 0.2) is 5.10 Å². The van der Waals surface area contributed by atoms with Crippen molar-refractivity contribution in [1.29, 1.82) is 0 Å². The van der Waals surface area contributed by atoms with Crippen LogP contribution in [0.1, 0.15) is 26.7 Å². The zero-order valence-electron chi connectivity index (χ0n) is 12.7. The molecule has 0 aliphatic carbocycles. The first-order valence-corrected chi connectivity index (χ1v) is 13.3. The molecular weight excluding hydrogens is 244 g/mol. The molecule has 3 nitrogen and oxygen atoms in total. The second-order valence-electron chi connectivity index (χ2n) is 6.51. The van der Waals surface area contributed by atoms with Gasteiger partial charge in [-0.15, -0.1) is 0 Å². The van der Waals surface area contributed by atoms with Crippen LogP contribution in [0.3, 0.4) is 0 Å². The number of ketones is 1. The fourth-order valence-corrected chi connectivity index (χ4v) is 10.9. The van der Waals surface area contributed by atoms with Crippen molar-refractivity contribution in [2.24, 2.45) is 5.10 Å². The highest BCUT2D eigenvalue weighted by atomic mass is 28.4. The van der Waals surface area contributed by atoms with E-state index in [1.54, 1.807) is 6.92 Å². The maximum absolute atomic E-state index is 11.6. The number of carbonyl (C=O) groups is 1. The summed E-state index contributed by atoms with van der Waals surface area (Å²) in [5, 5.41) is 4.73. The Balaban J connectivity index is 5.34. The van der Waals surface area contributed by atoms with Gasteiger partial charge in [-0.25, -0.2) is 0 Å². The molecule has 0 unspecified atom stereocenters. The number of carbonyl (C=O) groups excluding carboxylic acids is 1. The molecule has 0 aliphatic rings. The van der Waals surface area contributed by atoms with E-state index in [0.717, 1.165) is 18.6 Å². The second-order valence-corrected chi connectivity index (χ2v) is 16.5. The third-order valence-corrected chi connectivity index (χ3v) is 9.15. The molecule has 0 saturated carbocycles. The number of Topliss-reactive ketones (excluding diaryl/α,β-unsaturated/α-hetero) is 1. The van der Waals surface area contributed by atoms with Gasteiger partial charge in [0.25, 0.3) is 0 Å². The van der Waals surface area contributed by atoms with Gasteiger partial charge < -0.3 is 4.34 Å². The topological polar surface area (TPSA) is 32.7 Å². The van der Waals surface area contributed by atoms with Crippen molar-refractivity contribution in [2.75, 3.05) is 0 Å². The van der Waals surface area contributed by atoms with Crippen LogP contribution in [-0.4, -0.2) is 32.3 Å². The zero-order chi connectivity index (χ0) is 13.9. The molecule has 0 aromatic carbocycles. The quantitative estimate of drug-likeness (QED) is 0.419. The molecule has 0 rings (SSSR count). The lowest BCUT2D eigenvalue weighted by atomic mass is 10.2. The van der Waals surface area contributed by atoms with Crippen LogP contribution >= 0.6 is 0 Å². The van der Waals surface area contributed by atoms with E-state index in [4.69, 9.17) is 5.10 Å². The SMILES string of the molecule is CCC/C(=N\N([Si](C)(C)C)[Si](C)(C)C)C(C)=O. The second kappa shape index (κ2) is 5.95. The maximum Gasteiger partial charge on any atom is 0.175 e. The minimum absolute atomic E-state index is 0.119. The summed E-state index contributed by atoms with van der Waals surface area (Å²) in [7, 11) is -3.01. The van der Waals surface area contributed by atoms with Crippen LogP contribution in [-0.2, 0) is 4.79 Å². The van der Waals surface area contributed by atoms with Gasteiger partial charge in [-0.1, -0.05) is 52.6 Å². The number of hydrogen-bond donors (Lipinski definition) is 0. The Labute approximate surface area is 108 Å². The first-order valence-electron chi connectivity index (χ1n) is 6.39. The summed E-state index contributed by atoms with van der Waals surface area (Å²) >= 11 is 0. The van der Waals surface area contributed by atoms with Gasteiger partial charge >= 0.3 is 0 Å². The van der Waals surface area contributed by atoms with Crippen LogP contribution in [0.25, 0.3) is 0 Å². The Morgan fingerprint density at radius 2 is 1.47 bits per heavy atom. The van der Waals surface area contributed by atoms with Gasteiger partial charge in [0.15, 0.2) is 22.3 Å². The average molecular weight is 273 g/mol. The molecular formula is C12H28N2OSi2. The van der Waals surface area contributed by atoms with Crippen LogP contribution in [0.4, 0.5) is 0 Å². The third-order valence-electron chi connectivity index (χ3n) is 2.38. The van der Waals surface area contributed by atoms with E-state index in [1.165, 1.54) is 0 Å². The Kier molecular flexibility index (Phi) is 5.80. The number of hydrogen-bond acceptors (Lipinski definition) is 3. The van der Waals surface area contributed by atoms with Crippen molar-refractivity contribution in [2.45, 2.75) is 66.0 Å². The summed E-state index contributed by atoms with van der Waals surface area (Å²) < 4.78 is 2.31. The van der Waals surface area contributed by atoms with Gasteiger partial charge in [0.1, 0.15) is 5.71 Å². The lowest BCUT2D eigenvalue weighted by Crippen LogP contribution is -2.56. The fourth-order valence-electron chi connectivity index (χ4n) is 1.96. The van der Waals surface area contributed by atoms with E-state index in [-0.39, 0.29) is 5.78 Å². The first kappa shape index (κ1) is 16.6. The third kappa shape index (κ3) is 5.63. The van der Waals surface area contributed by atoms with Crippen molar-refractivity contribution >= 4 is 28.0 Å². The molecule has 5 heteroatoms. The molecule has 0 bridgehead atoms. The van der Waals surface area contributed by atoms with E-state index >= 15 is 0 Å². The first-order chi connectivity index (χ1) is 7.50. The largest absolute Gasteiger partial charge is 0.349 e. The molecule has 0 fully saturated rings. The Hall–Kier alpha value is -0.426. The van der Waals surface area contributed by atoms with Crippen LogP contribution in [0, 0.1) is 0 Å². The van der Waals surface area contributed by atoms with Gasteiger partial charge in [0.2, 0.25) is 0 Å². The highest BCUT2D eigenvalue weighted by Crippen LogP contribution is 2.20. The van der Waals surface area contributed by atoms with E-state index in [9.17, 15) is 4.79 Å². The predicted molar refractivity (Wildman–Crippen MR) is 81.6 cm³/mol. The predicted octanol–water partition coefficient (Wildman–Crippen LogP) is 3.70. The molecule has 0 heterocycles. The zero-order valence-corrected chi connectivity index (χ0v) is 14.7. The standard InChI is InChI=1S/C12H28N2OSi2/c1-9-10-12(11(2)15)13-14(16(3,4)5)17(6,7)8/h9-10H2,1-8H3/b13-12+.